The standard InChI is InChI=1S/C17H24N2/c18-16(15-2-1-3-19-11-15)10-17-7-12-4-13(8-17)6-14(5-12)9-17/h1-3,11-14,16H,4-10,18H2. The lowest BCUT2D eigenvalue weighted by Crippen LogP contribution is -2.47. The van der Waals surface area contributed by atoms with Crippen molar-refractivity contribution in [3.05, 3.63) is 30.1 Å². The summed E-state index contributed by atoms with van der Waals surface area (Å²) in [6, 6.07) is 4.33. The molecule has 0 saturated heterocycles. The molecule has 1 aromatic rings. The predicted octanol–water partition coefficient (Wildman–Crippen LogP) is 3.69. The van der Waals surface area contributed by atoms with Gasteiger partial charge in [-0.25, -0.2) is 0 Å². The van der Waals surface area contributed by atoms with Gasteiger partial charge in [-0.2, -0.15) is 0 Å². The average molecular weight is 256 g/mol. The molecular formula is C17H24N2. The van der Waals surface area contributed by atoms with Crippen LogP contribution in [0.5, 0.6) is 0 Å². The summed E-state index contributed by atoms with van der Waals surface area (Å²) in [4.78, 5) is 4.22. The lowest BCUT2D eigenvalue weighted by Gasteiger charge is -2.57. The van der Waals surface area contributed by atoms with E-state index >= 15 is 0 Å². The third kappa shape index (κ3) is 2.10. The maximum Gasteiger partial charge on any atom is 0.0315 e. The number of hydrogen-bond acceptors (Lipinski definition) is 2. The van der Waals surface area contributed by atoms with Gasteiger partial charge in [-0.15, -0.1) is 0 Å². The molecule has 1 heterocycles. The Hall–Kier alpha value is -0.890. The minimum absolute atomic E-state index is 0.185. The van der Waals surface area contributed by atoms with Gasteiger partial charge in [0.05, 0.1) is 0 Å². The summed E-state index contributed by atoms with van der Waals surface area (Å²) in [5.41, 5.74) is 8.27. The molecule has 2 N–H and O–H groups in total. The predicted molar refractivity (Wildman–Crippen MR) is 76.4 cm³/mol. The summed E-state index contributed by atoms with van der Waals surface area (Å²) < 4.78 is 0. The number of aromatic nitrogens is 1. The number of hydrogen-bond donors (Lipinski definition) is 1. The first-order valence-corrected chi connectivity index (χ1v) is 7.88. The Labute approximate surface area is 115 Å². The third-order valence-corrected chi connectivity index (χ3v) is 5.93. The zero-order valence-corrected chi connectivity index (χ0v) is 11.6. The molecule has 0 radical (unpaired) electrons. The Kier molecular flexibility index (Phi) is 2.70. The summed E-state index contributed by atoms with van der Waals surface area (Å²) >= 11 is 0. The van der Waals surface area contributed by atoms with Crippen LogP contribution in [0.15, 0.2) is 24.5 Å². The van der Waals surface area contributed by atoms with Crippen molar-refractivity contribution in [1.82, 2.24) is 4.98 Å². The molecule has 1 aromatic heterocycles. The number of nitrogens with two attached hydrogens (primary N) is 1. The largest absolute Gasteiger partial charge is 0.324 e. The molecule has 0 amide bonds. The van der Waals surface area contributed by atoms with Gasteiger partial charge >= 0.3 is 0 Å². The molecule has 5 rings (SSSR count). The van der Waals surface area contributed by atoms with Crippen LogP contribution >= 0.6 is 0 Å². The van der Waals surface area contributed by atoms with Crippen LogP contribution in [0, 0.1) is 23.2 Å². The summed E-state index contributed by atoms with van der Waals surface area (Å²) in [7, 11) is 0. The van der Waals surface area contributed by atoms with Gasteiger partial charge in [0.25, 0.3) is 0 Å². The fourth-order valence-electron chi connectivity index (χ4n) is 5.72. The van der Waals surface area contributed by atoms with E-state index in [-0.39, 0.29) is 6.04 Å². The Morgan fingerprint density at radius 3 is 2.32 bits per heavy atom. The number of pyridine rings is 1. The minimum Gasteiger partial charge on any atom is -0.324 e. The molecule has 102 valence electrons. The molecule has 4 aliphatic carbocycles. The lowest BCUT2D eigenvalue weighted by molar-refractivity contribution is -0.0605. The van der Waals surface area contributed by atoms with Crippen molar-refractivity contribution in [1.29, 1.82) is 0 Å². The average Bonchev–Trinajstić information content (AvgIpc) is 2.37. The molecule has 0 spiro atoms. The van der Waals surface area contributed by atoms with Crippen LogP contribution in [-0.2, 0) is 0 Å². The summed E-state index contributed by atoms with van der Waals surface area (Å²) in [6.07, 6.45) is 13.9. The first-order chi connectivity index (χ1) is 9.22. The topological polar surface area (TPSA) is 38.9 Å². The maximum absolute atomic E-state index is 6.48. The molecule has 0 aromatic carbocycles. The Morgan fingerprint density at radius 1 is 1.16 bits per heavy atom. The van der Waals surface area contributed by atoms with Crippen LogP contribution in [0.2, 0.25) is 0 Å². The van der Waals surface area contributed by atoms with Gasteiger partial charge in [0.15, 0.2) is 0 Å². The van der Waals surface area contributed by atoms with E-state index in [9.17, 15) is 0 Å². The molecular weight excluding hydrogens is 232 g/mol. The summed E-state index contributed by atoms with van der Waals surface area (Å²) in [6.45, 7) is 0. The Bertz CT molecular complexity index is 418. The van der Waals surface area contributed by atoms with Crippen LogP contribution in [0.1, 0.15) is 56.6 Å². The SMILES string of the molecule is NC(CC12CC3CC(CC(C3)C1)C2)c1cccnc1. The smallest absolute Gasteiger partial charge is 0.0315 e. The zero-order valence-electron chi connectivity index (χ0n) is 11.6. The van der Waals surface area contributed by atoms with E-state index in [1.807, 2.05) is 18.5 Å². The highest BCUT2D eigenvalue weighted by atomic mass is 14.7. The molecule has 19 heavy (non-hydrogen) atoms. The first-order valence-electron chi connectivity index (χ1n) is 7.88. The normalized spacial score (nSPS) is 41.4. The maximum atomic E-state index is 6.48. The zero-order chi connectivity index (χ0) is 12.9. The molecule has 4 saturated carbocycles. The molecule has 1 unspecified atom stereocenters. The second-order valence-electron chi connectivity index (χ2n) is 7.51. The highest BCUT2D eigenvalue weighted by Gasteiger charge is 2.51. The lowest BCUT2D eigenvalue weighted by atomic mass is 9.48. The number of rotatable bonds is 3. The Balaban J connectivity index is 1.53. The van der Waals surface area contributed by atoms with Crippen molar-refractivity contribution in [2.24, 2.45) is 28.9 Å². The van der Waals surface area contributed by atoms with Crippen molar-refractivity contribution in [2.45, 2.75) is 51.0 Å². The van der Waals surface area contributed by atoms with Crippen molar-refractivity contribution >= 4 is 0 Å². The minimum atomic E-state index is 0.185. The van der Waals surface area contributed by atoms with E-state index in [1.54, 1.807) is 0 Å². The fraction of sp³-hybridized carbons (Fsp3) is 0.706. The van der Waals surface area contributed by atoms with Crippen molar-refractivity contribution < 1.29 is 0 Å². The summed E-state index contributed by atoms with van der Waals surface area (Å²) in [5.74, 6) is 3.06. The number of nitrogens with zero attached hydrogens (tertiary/aromatic N) is 1. The van der Waals surface area contributed by atoms with E-state index in [0.29, 0.717) is 5.41 Å². The van der Waals surface area contributed by atoms with Gasteiger partial charge in [0, 0.05) is 18.4 Å². The quantitative estimate of drug-likeness (QED) is 0.895. The van der Waals surface area contributed by atoms with Crippen molar-refractivity contribution in [3.8, 4) is 0 Å². The second kappa shape index (κ2) is 4.31. The monoisotopic (exact) mass is 256 g/mol. The second-order valence-corrected chi connectivity index (χ2v) is 7.51. The summed E-state index contributed by atoms with van der Waals surface area (Å²) in [5, 5.41) is 0. The van der Waals surface area contributed by atoms with Gasteiger partial charge < -0.3 is 5.73 Å². The molecule has 0 aliphatic heterocycles. The molecule has 2 heteroatoms. The molecule has 2 nitrogen and oxygen atoms in total. The van der Waals surface area contributed by atoms with Crippen molar-refractivity contribution in [2.75, 3.05) is 0 Å². The molecule has 4 fully saturated rings. The van der Waals surface area contributed by atoms with Gasteiger partial charge in [-0.1, -0.05) is 6.07 Å². The van der Waals surface area contributed by atoms with Gasteiger partial charge in [0.1, 0.15) is 0 Å². The molecule has 4 aliphatic rings. The van der Waals surface area contributed by atoms with Crippen molar-refractivity contribution in [3.63, 3.8) is 0 Å². The van der Waals surface area contributed by atoms with Crippen LogP contribution < -0.4 is 5.73 Å². The van der Waals surface area contributed by atoms with E-state index < -0.39 is 0 Å². The fourth-order valence-corrected chi connectivity index (χ4v) is 5.72. The Morgan fingerprint density at radius 2 is 1.79 bits per heavy atom. The van der Waals surface area contributed by atoms with Crippen LogP contribution in [0.25, 0.3) is 0 Å². The molecule has 4 bridgehead atoms. The van der Waals surface area contributed by atoms with E-state index in [2.05, 4.69) is 11.1 Å². The first kappa shape index (κ1) is 11.9. The third-order valence-electron chi connectivity index (χ3n) is 5.93. The highest BCUT2D eigenvalue weighted by molar-refractivity contribution is 5.15. The van der Waals surface area contributed by atoms with Gasteiger partial charge in [-0.3, -0.25) is 4.98 Å². The van der Waals surface area contributed by atoms with Crippen LogP contribution in [0.4, 0.5) is 0 Å². The molecule has 1 atom stereocenters. The van der Waals surface area contributed by atoms with E-state index in [4.69, 9.17) is 5.73 Å². The van der Waals surface area contributed by atoms with Gasteiger partial charge in [-0.05, 0) is 79.7 Å². The van der Waals surface area contributed by atoms with Gasteiger partial charge in [0.2, 0.25) is 0 Å². The van der Waals surface area contributed by atoms with Crippen LogP contribution in [-0.4, -0.2) is 4.98 Å². The van der Waals surface area contributed by atoms with E-state index in [1.165, 1.54) is 50.5 Å². The highest BCUT2D eigenvalue weighted by Crippen LogP contribution is 2.62. The van der Waals surface area contributed by atoms with Crippen LogP contribution in [0.3, 0.4) is 0 Å². The van der Waals surface area contributed by atoms with E-state index in [0.717, 1.165) is 17.8 Å².